The number of imide groups is 1. The maximum atomic E-state index is 14.3. The second-order valence-corrected chi connectivity index (χ2v) is 34.6. The van der Waals surface area contributed by atoms with Crippen molar-refractivity contribution in [3.05, 3.63) is 179 Å². The van der Waals surface area contributed by atoms with E-state index in [9.17, 15) is 107 Å². The van der Waals surface area contributed by atoms with Crippen LogP contribution in [0.3, 0.4) is 0 Å². The largest absolute Gasteiger partial charge is 0.479 e. The topological polar surface area (TPSA) is 636 Å². The molecule has 0 bridgehead atoms. The number of nitrogens with one attached hydrogen (secondary N) is 8. The number of aliphatic carboxylic acids is 1. The Morgan fingerprint density at radius 2 is 1.13 bits per heavy atom. The Kier molecular flexibility index (Phi) is 31.2. The molecule has 0 aliphatic carbocycles. The van der Waals surface area contributed by atoms with Crippen LogP contribution in [-0.4, -0.2) is 257 Å². The molecule has 16 N–H and O–H groups in total. The molecule has 46 heteroatoms. The van der Waals surface area contributed by atoms with Crippen molar-refractivity contribution in [1.82, 2.24) is 65.7 Å². The van der Waals surface area contributed by atoms with Gasteiger partial charge in [0.05, 0.1) is 83.3 Å². The minimum absolute atomic E-state index is 0.00241. The highest BCUT2D eigenvalue weighted by atomic mass is 16.7. The van der Waals surface area contributed by atoms with E-state index in [1.54, 1.807) is 92.9 Å². The van der Waals surface area contributed by atoms with Gasteiger partial charge in [-0.25, -0.2) is 38.7 Å². The smallest absolute Gasteiger partial charge is 0.410 e. The number of rotatable bonds is 40. The number of amides is 12. The Hall–Kier alpha value is -15.4. The van der Waals surface area contributed by atoms with E-state index in [2.05, 4.69) is 42.5 Å². The number of anilines is 2. The molecule has 6 aliphatic heterocycles. The highest BCUT2D eigenvalue weighted by molar-refractivity contribution is 6.13. The Bertz CT molecular complexity index is 6480. The number of nitrogens with zero attached hydrogens (tertiary/aromatic N) is 7. The van der Waals surface area contributed by atoms with Crippen LogP contribution in [0.5, 0.6) is 17.2 Å². The van der Waals surface area contributed by atoms with Gasteiger partial charge in [0, 0.05) is 90.5 Å². The van der Waals surface area contributed by atoms with Crippen molar-refractivity contribution in [2.45, 2.75) is 180 Å². The number of aromatic nitrogens is 4. The van der Waals surface area contributed by atoms with Crippen molar-refractivity contribution in [1.29, 1.82) is 0 Å². The quantitative estimate of drug-likeness (QED) is 0.00844. The number of nitrogens with two attached hydrogens (primary N) is 1. The zero-order valence-electron chi connectivity index (χ0n) is 77.7. The average Bonchev–Trinajstić information content (AvgIpc) is 1.58. The first-order valence-corrected chi connectivity index (χ1v) is 45.5. The molecule has 1 saturated heterocycles. The number of aryl methyl sites for hydroxylation is 2. The van der Waals surface area contributed by atoms with Crippen LogP contribution in [0, 0.1) is 5.92 Å². The minimum atomic E-state index is -2.10. The number of primary amides is 1. The molecular formula is C95H106N16O30. The number of carbonyl (C=O) groups excluding carboxylic acids is 13. The van der Waals surface area contributed by atoms with Crippen molar-refractivity contribution in [3.8, 4) is 40.0 Å². The first kappa shape index (κ1) is 102. The number of hydrogen-bond donors (Lipinski definition) is 15. The SMILES string of the molecule is CCc1c2c(nc3ccc(OCNC(=O)OCc4ccc(NC(=O)[C@H](CCCNC(N)=O)NC(=O)[C@@H](NC(=O)CN(CCN5C(=O)C=CC5=O)CC(=O)NCCC(=O)N(C)CC(=O)Nc5cc(COC(=O)NCOc6ccc7nc8c(c(CC)c7c6)Cn6c-8cc7c(c6=O)COC(=O)[C@]7(O)CC)ccc5O[C@@H]5O[C@H](C(=O)O)[C@@H](O)[C@H](O)[C@H]5O)C(C)C)cc4)cc13)-c1cc3c(c(=O)n1C2)COC(=O)[C@]3(O)CC. The molecule has 9 atom stereocenters. The maximum absolute atomic E-state index is 14.3. The zero-order chi connectivity index (χ0) is 101. The van der Waals surface area contributed by atoms with Gasteiger partial charge in [0.25, 0.3) is 22.9 Å². The van der Waals surface area contributed by atoms with Gasteiger partial charge in [-0.1, -0.05) is 59.7 Å². The normalized spacial score (nSPS) is 18.9. The molecule has 14 rings (SSSR count). The number of alkyl carbamates (subject to hydrolysis) is 2. The number of urea groups is 1. The molecule has 10 heterocycles. The van der Waals surface area contributed by atoms with Crippen molar-refractivity contribution in [2.75, 3.05) is 77.0 Å². The molecule has 0 spiro atoms. The summed E-state index contributed by atoms with van der Waals surface area (Å²) in [6, 6.07) is 20.0. The Morgan fingerprint density at radius 1 is 0.596 bits per heavy atom. The van der Waals surface area contributed by atoms with Crippen LogP contribution in [0.1, 0.15) is 129 Å². The van der Waals surface area contributed by atoms with E-state index in [-0.39, 0.29) is 142 Å². The molecule has 1 fully saturated rings. The molecule has 141 heavy (non-hydrogen) atoms. The number of cyclic esters (lactones) is 2. The summed E-state index contributed by atoms with van der Waals surface area (Å²) in [5.74, 6) is -9.77. The summed E-state index contributed by atoms with van der Waals surface area (Å²) in [5.41, 5.74) is 8.35. The summed E-state index contributed by atoms with van der Waals surface area (Å²) < 4.78 is 47.4. The lowest BCUT2D eigenvalue weighted by Gasteiger charge is -2.38. The number of fused-ring (bicyclic) bond motifs is 10. The Balaban J connectivity index is 0.551. The predicted octanol–water partition coefficient (Wildman–Crippen LogP) is 1.24. The summed E-state index contributed by atoms with van der Waals surface area (Å²) in [6.45, 7) is 5.87. The monoisotopic (exact) mass is 1950 g/mol. The number of esters is 2. The van der Waals surface area contributed by atoms with E-state index < -0.39 is 188 Å². The van der Waals surface area contributed by atoms with Gasteiger partial charge in [-0.3, -0.25) is 68.4 Å². The van der Waals surface area contributed by atoms with Crippen molar-refractivity contribution >= 4 is 117 Å². The van der Waals surface area contributed by atoms with E-state index in [1.165, 1.54) is 46.8 Å². The lowest BCUT2D eigenvalue weighted by Crippen LogP contribution is -2.61. The number of aliphatic hydroxyl groups is 5. The molecule has 4 aromatic heterocycles. The van der Waals surface area contributed by atoms with Crippen LogP contribution < -0.4 is 73.6 Å². The van der Waals surface area contributed by atoms with E-state index in [1.807, 2.05) is 13.8 Å². The van der Waals surface area contributed by atoms with Crippen LogP contribution in [0.2, 0.25) is 0 Å². The van der Waals surface area contributed by atoms with Crippen LogP contribution >= 0.6 is 0 Å². The fourth-order valence-corrected chi connectivity index (χ4v) is 17.4. The molecule has 12 amide bonds. The summed E-state index contributed by atoms with van der Waals surface area (Å²) in [7, 11) is 1.25. The highest BCUT2D eigenvalue weighted by Gasteiger charge is 2.50. The van der Waals surface area contributed by atoms with Gasteiger partial charge < -0.3 is 120 Å². The van der Waals surface area contributed by atoms with Gasteiger partial charge >= 0.3 is 36.1 Å². The summed E-state index contributed by atoms with van der Waals surface area (Å²) in [6.07, 6.45) is -9.44. The number of likely N-dealkylation sites (N-methyl/N-ethyl adjacent to an activating group) is 1. The van der Waals surface area contributed by atoms with Gasteiger partial charge in [-0.15, -0.1) is 0 Å². The number of benzene rings is 4. The number of aliphatic hydroxyl groups excluding tert-OH is 3. The van der Waals surface area contributed by atoms with Gasteiger partial charge in [0.2, 0.25) is 41.7 Å². The van der Waals surface area contributed by atoms with Crippen LogP contribution in [0.15, 0.2) is 113 Å². The third-order valence-electron chi connectivity index (χ3n) is 25.1. The first-order chi connectivity index (χ1) is 67.3. The second kappa shape index (κ2) is 43.4. The summed E-state index contributed by atoms with van der Waals surface area (Å²) in [5, 5.41) is 86.4. The van der Waals surface area contributed by atoms with Crippen LogP contribution in [0.25, 0.3) is 44.6 Å². The Labute approximate surface area is 802 Å². The van der Waals surface area contributed by atoms with Crippen molar-refractivity contribution in [3.63, 3.8) is 0 Å². The molecule has 746 valence electrons. The molecular weight excluding hydrogens is 1850 g/mol. The molecule has 46 nitrogen and oxygen atoms in total. The lowest BCUT2D eigenvalue weighted by atomic mass is 9.86. The zero-order valence-corrected chi connectivity index (χ0v) is 77.7. The molecule has 8 aromatic rings. The van der Waals surface area contributed by atoms with E-state index in [0.29, 0.717) is 69.1 Å². The number of carboxylic acid groups (broad SMARTS) is 1. The fourth-order valence-electron chi connectivity index (χ4n) is 17.4. The van der Waals surface area contributed by atoms with E-state index >= 15 is 0 Å². The summed E-state index contributed by atoms with van der Waals surface area (Å²) in [4.78, 5) is 225. The van der Waals surface area contributed by atoms with E-state index in [0.717, 1.165) is 49.6 Å². The Morgan fingerprint density at radius 3 is 1.66 bits per heavy atom. The second-order valence-electron chi connectivity index (χ2n) is 34.6. The molecule has 4 aromatic carbocycles. The standard InChI is InChI=1S/C95H106N16O30/c1-8-53-55-32-51(19-21-63(55)103-77-57(53)36-110-67(77)34-61-59(85(110)123)43-134-89(127)94(61,132)10-3)138-45-99-92(130)136-41-48-14-17-50(18-15-48)101-83(121)65(13-12-27-98-91(96)129)105-84(122)76(47(5)6)106-72(114)40-108(29-30-109-74(116)24-25-75(109)117)39-70(112)97-28-26-73(115)107(7)38-71(113)102-66-31-49(16-23-69(66)140-88-81(120)79(118)80(119)82(141-88)87(125)126)42-137-93(131)100-46-139-52-20-22-64-56(33-52)54(9-2)58-37-111-68(78(58)104-64)35-62-60(86(111)124)44-135-90(128)95(62,133)11-4/h14-25,31-35,47,65,76,79-82,88,118-120,132-133H,8-13,26-30,36-46H2,1-7H3,(H,97,112)(H,99,130)(H,100,131)(H,101,121)(H,102,113)(H,105,122)(H,106,114)(H,125,126)(H3,96,98,129)/t65-,76-,79-,80-,81+,82-,88+,94-,95-/m0/s1. The third-order valence-corrected chi connectivity index (χ3v) is 25.1. The lowest BCUT2D eigenvalue weighted by molar-refractivity contribution is -0.271. The molecule has 6 aliphatic rings. The summed E-state index contributed by atoms with van der Waals surface area (Å²) >= 11 is 0. The minimum Gasteiger partial charge on any atom is -0.479 e. The van der Waals surface area contributed by atoms with Gasteiger partial charge in [0.1, 0.15) is 74.1 Å². The number of carbonyl (C=O) groups is 14. The first-order valence-electron chi connectivity index (χ1n) is 45.5. The predicted molar refractivity (Wildman–Crippen MR) is 494 cm³/mol. The van der Waals surface area contributed by atoms with Crippen LogP contribution in [-0.2, 0) is 140 Å². The van der Waals surface area contributed by atoms with Crippen molar-refractivity contribution in [2.24, 2.45) is 11.7 Å². The van der Waals surface area contributed by atoms with Crippen molar-refractivity contribution < 1.29 is 136 Å². The number of pyridine rings is 4. The maximum Gasteiger partial charge on any atom is 0.410 e. The molecule has 0 radical (unpaired) electrons. The molecule has 0 unspecified atom stereocenters. The van der Waals surface area contributed by atoms with Gasteiger partial charge in [-0.05, 0) is 139 Å². The van der Waals surface area contributed by atoms with E-state index in [4.69, 9.17) is 53.6 Å². The molecule has 0 saturated carbocycles. The number of hydrogen-bond acceptors (Lipinski definition) is 32. The number of ether oxygens (including phenoxy) is 8. The fraction of sp³-hybridized carbons (Fsp3) is 0.411. The third kappa shape index (κ3) is 22.2. The van der Waals surface area contributed by atoms with Crippen LogP contribution in [0.4, 0.5) is 25.8 Å². The average molecular weight is 1950 g/mol. The number of carboxylic acids is 1. The van der Waals surface area contributed by atoms with Gasteiger partial charge in [0.15, 0.2) is 30.8 Å². The highest BCUT2D eigenvalue weighted by Crippen LogP contribution is 2.44. The van der Waals surface area contributed by atoms with Gasteiger partial charge in [-0.2, -0.15) is 0 Å².